The Labute approximate surface area is 202 Å². The molecule has 3 aromatic carbocycles. The van der Waals surface area contributed by atoms with E-state index in [-0.39, 0.29) is 10.8 Å². The number of carbonyl (C=O) groups is 1. The summed E-state index contributed by atoms with van der Waals surface area (Å²) in [7, 11) is -3.75. The largest absolute Gasteiger partial charge is 0.372 e. The molecule has 1 aliphatic heterocycles. The average Bonchev–Trinajstić information content (AvgIpc) is 2.85. The molecule has 0 spiro atoms. The Hall–Kier alpha value is -3.32. The van der Waals surface area contributed by atoms with E-state index in [1.807, 2.05) is 19.1 Å². The molecule has 0 saturated carbocycles. The highest BCUT2D eigenvalue weighted by molar-refractivity contribution is 7.92. The van der Waals surface area contributed by atoms with E-state index in [9.17, 15) is 13.2 Å². The molecule has 1 aliphatic rings. The number of carbonyl (C=O) groups excluding carboxylic acids is 1. The molecule has 7 heteroatoms. The van der Waals surface area contributed by atoms with Gasteiger partial charge in [0.1, 0.15) is 0 Å². The van der Waals surface area contributed by atoms with E-state index < -0.39 is 10.0 Å². The van der Waals surface area contributed by atoms with Gasteiger partial charge >= 0.3 is 0 Å². The van der Waals surface area contributed by atoms with E-state index in [2.05, 4.69) is 27.1 Å². The number of nitrogens with one attached hydrogen (secondary N) is 2. The SMILES string of the molecule is Cc1ccc(S(=O)(=O)Nc2cc(C(=O)NCc3ccc(N4CCCCC4)cc3)ccc2C)cc1. The summed E-state index contributed by atoms with van der Waals surface area (Å²) >= 11 is 0. The maximum absolute atomic E-state index is 12.8. The third-order valence-corrected chi connectivity index (χ3v) is 7.57. The van der Waals surface area contributed by atoms with Crippen molar-refractivity contribution in [1.29, 1.82) is 0 Å². The van der Waals surface area contributed by atoms with Crippen LogP contribution in [0.15, 0.2) is 71.6 Å². The molecule has 1 fully saturated rings. The first kappa shape index (κ1) is 23.8. The molecule has 34 heavy (non-hydrogen) atoms. The molecule has 1 saturated heterocycles. The minimum absolute atomic E-state index is 0.181. The van der Waals surface area contributed by atoms with Gasteiger partial charge in [-0.3, -0.25) is 9.52 Å². The lowest BCUT2D eigenvalue weighted by atomic mass is 10.1. The molecular formula is C27H31N3O3S. The Morgan fingerprint density at radius 3 is 2.24 bits per heavy atom. The van der Waals surface area contributed by atoms with Crippen LogP contribution in [0.3, 0.4) is 0 Å². The number of piperidine rings is 1. The van der Waals surface area contributed by atoms with Crippen molar-refractivity contribution < 1.29 is 13.2 Å². The van der Waals surface area contributed by atoms with Gasteiger partial charge in [-0.2, -0.15) is 0 Å². The van der Waals surface area contributed by atoms with Crippen molar-refractivity contribution in [3.63, 3.8) is 0 Å². The van der Waals surface area contributed by atoms with E-state index in [1.54, 1.807) is 49.4 Å². The summed E-state index contributed by atoms with van der Waals surface area (Å²) in [4.78, 5) is 15.4. The molecule has 0 unspecified atom stereocenters. The predicted molar refractivity (Wildman–Crippen MR) is 137 cm³/mol. The second kappa shape index (κ2) is 10.3. The summed E-state index contributed by atoms with van der Waals surface area (Å²) in [5.41, 5.74) is 4.74. The molecule has 0 bridgehead atoms. The van der Waals surface area contributed by atoms with Crippen molar-refractivity contribution >= 4 is 27.3 Å². The van der Waals surface area contributed by atoms with Crippen molar-refractivity contribution in [2.75, 3.05) is 22.7 Å². The van der Waals surface area contributed by atoms with Crippen LogP contribution in [0.1, 0.15) is 46.3 Å². The molecule has 178 valence electrons. The number of hydrogen-bond acceptors (Lipinski definition) is 4. The smallest absolute Gasteiger partial charge is 0.261 e. The molecule has 1 heterocycles. The van der Waals surface area contributed by atoms with Gasteiger partial charge < -0.3 is 10.2 Å². The normalized spacial score (nSPS) is 14.0. The summed E-state index contributed by atoms with van der Waals surface area (Å²) in [6.07, 6.45) is 3.77. The van der Waals surface area contributed by atoms with E-state index in [4.69, 9.17) is 0 Å². The predicted octanol–water partition coefficient (Wildman–Crippen LogP) is 5.02. The number of rotatable bonds is 7. The maximum Gasteiger partial charge on any atom is 0.261 e. The van der Waals surface area contributed by atoms with E-state index in [0.717, 1.165) is 29.8 Å². The van der Waals surface area contributed by atoms with Crippen molar-refractivity contribution in [2.24, 2.45) is 0 Å². The molecule has 0 aliphatic carbocycles. The molecule has 6 nitrogen and oxygen atoms in total. The molecule has 0 radical (unpaired) electrons. The molecule has 1 amide bonds. The molecular weight excluding hydrogens is 446 g/mol. The quantitative estimate of drug-likeness (QED) is 0.501. The Balaban J connectivity index is 1.41. The third kappa shape index (κ3) is 5.78. The van der Waals surface area contributed by atoms with Crippen molar-refractivity contribution in [1.82, 2.24) is 5.32 Å². The summed E-state index contributed by atoms with van der Waals surface area (Å²) in [6, 6.07) is 20.0. The van der Waals surface area contributed by atoms with Crippen LogP contribution in [0.2, 0.25) is 0 Å². The Kier molecular flexibility index (Phi) is 7.22. The highest BCUT2D eigenvalue weighted by atomic mass is 32.2. The Morgan fingerprint density at radius 2 is 1.56 bits per heavy atom. The number of aryl methyl sites for hydroxylation is 2. The van der Waals surface area contributed by atoms with E-state index in [1.165, 1.54) is 24.9 Å². The fourth-order valence-electron chi connectivity index (χ4n) is 4.06. The summed E-state index contributed by atoms with van der Waals surface area (Å²) in [5.74, 6) is -0.254. The van der Waals surface area contributed by atoms with Crippen LogP contribution in [-0.4, -0.2) is 27.4 Å². The molecule has 0 aromatic heterocycles. The van der Waals surface area contributed by atoms with Crippen LogP contribution >= 0.6 is 0 Å². The van der Waals surface area contributed by atoms with E-state index in [0.29, 0.717) is 17.8 Å². The number of sulfonamides is 1. The standard InChI is InChI=1S/C27H31N3O3S/c1-20-6-14-25(15-7-20)34(32,33)29-26-18-23(11-8-21(26)2)27(31)28-19-22-9-12-24(13-10-22)30-16-4-3-5-17-30/h6-15,18,29H,3-5,16-17,19H2,1-2H3,(H,28,31). The molecule has 3 aromatic rings. The first-order valence-corrected chi connectivity index (χ1v) is 13.1. The van der Waals surface area contributed by atoms with Gasteiger partial charge in [-0.05, 0) is 80.6 Å². The van der Waals surface area contributed by atoms with Gasteiger partial charge in [-0.1, -0.05) is 35.9 Å². The zero-order valence-corrected chi connectivity index (χ0v) is 20.5. The minimum atomic E-state index is -3.75. The lowest BCUT2D eigenvalue weighted by Crippen LogP contribution is -2.29. The zero-order valence-electron chi connectivity index (χ0n) is 19.7. The van der Waals surface area contributed by atoms with Crippen molar-refractivity contribution in [3.8, 4) is 0 Å². The fraction of sp³-hybridized carbons (Fsp3) is 0.296. The van der Waals surface area contributed by atoms with Crippen LogP contribution in [0, 0.1) is 13.8 Å². The number of hydrogen-bond donors (Lipinski definition) is 2. The lowest BCUT2D eigenvalue weighted by Gasteiger charge is -2.28. The van der Waals surface area contributed by atoms with Crippen molar-refractivity contribution in [2.45, 2.75) is 44.6 Å². The number of nitrogens with zero attached hydrogens (tertiary/aromatic N) is 1. The first-order chi connectivity index (χ1) is 16.3. The summed E-state index contributed by atoms with van der Waals surface area (Å²) < 4.78 is 28.2. The number of benzene rings is 3. The van der Waals surface area contributed by atoms with Crippen LogP contribution in [-0.2, 0) is 16.6 Å². The van der Waals surface area contributed by atoms with Gasteiger partial charge in [0.05, 0.1) is 10.6 Å². The highest BCUT2D eigenvalue weighted by Gasteiger charge is 2.17. The molecule has 4 rings (SSSR count). The maximum atomic E-state index is 12.8. The molecule has 0 atom stereocenters. The van der Waals surface area contributed by atoms with Crippen LogP contribution < -0.4 is 14.9 Å². The fourth-order valence-corrected chi connectivity index (χ4v) is 5.18. The van der Waals surface area contributed by atoms with Gasteiger partial charge in [0.2, 0.25) is 0 Å². The Bertz CT molecular complexity index is 1250. The number of anilines is 2. The topological polar surface area (TPSA) is 78.5 Å². The van der Waals surface area contributed by atoms with Crippen LogP contribution in [0.4, 0.5) is 11.4 Å². The van der Waals surface area contributed by atoms with Gasteiger partial charge in [0.15, 0.2) is 0 Å². The van der Waals surface area contributed by atoms with Gasteiger partial charge in [0.25, 0.3) is 15.9 Å². The molecule has 2 N–H and O–H groups in total. The highest BCUT2D eigenvalue weighted by Crippen LogP contribution is 2.23. The third-order valence-electron chi connectivity index (χ3n) is 6.19. The monoisotopic (exact) mass is 477 g/mol. The minimum Gasteiger partial charge on any atom is -0.372 e. The second-order valence-corrected chi connectivity index (χ2v) is 10.5. The Morgan fingerprint density at radius 1 is 0.882 bits per heavy atom. The van der Waals surface area contributed by atoms with Crippen LogP contribution in [0.5, 0.6) is 0 Å². The van der Waals surface area contributed by atoms with Gasteiger partial charge in [-0.15, -0.1) is 0 Å². The summed E-state index contributed by atoms with van der Waals surface area (Å²) in [6.45, 7) is 6.30. The van der Waals surface area contributed by atoms with Crippen molar-refractivity contribution in [3.05, 3.63) is 89.0 Å². The van der Waals surface area contributed by atoms with Crippen LogP contribution in [0.25, 0.3) is 0 Å². The average molecular weight is 478 g/mol. The first-order valence-electron chi connectivity index (χ1n) is 11.6. The zero-order chi connectivity index (χ0) is 24.1. The van der Waals surface area contributed by atoms with E-state index >= 15 is 0 Å². The van der Waals surface area contributed by atoms with Gasteiger partial charge in [0, 0.05) is 30.9 Å². The second-order valence-electron chi connectivity index (χ2n) is 8.85. The summed E-state index contributed by atoms with van der Waals surface area (Å²) in [5, 5.41) is 2.93. The lowest BCUT2D eigenvalue weighted by molar-refractivity contribution is 0.0951. The van der Waals surface area contributed by atoms with Gasteiger partial charge in [-0.25, -0.2) is 8.42 Å². The number of amides is 1.